The number of anilines is 1. The van der Waals surface area contributed by atoms with Crippen molar-refractivity contribution in [3.05, 3.63) is 71.1 Å². The molecule has 0 saturated carbocycles. The highest BCUT2D eigenvalue weighted by atomic mass is 16.6. The molecule has 0 amide bonds. The molecule has 1 aromatic carbocycles. The molecular weight excluding hydrogens is 516 g/mol. The van der Waals surface area contributed by atoms with Crippen LogP contribution in [0.2, 0.25) is 0 Å². The molecule has 0 radical (unpaired) electrons. The normalized spacial score (nSPS) is 16.9. The molecule has 0 spiro atoms. The Bertz CT molecular complexity index is 1440. The topological polar surface area (TPSA) is 124 Å². The van der Waals surface area contributed by atoms with Gasteiger partial charge in [-0.2, -0.15) is 0 Å². The first-order chi connectivity index (χ1) is 19.5. The van der Waals surface area contributed by atoms with Gasteiger partial charge in [-0.05, 0) is 48.9 Å². The second-order valence-corrected chi connectivity index (χ2v) is 9.32. The van der Waals surface area contributed by atoms with Crippen molar-refractivity contribution in [3.63, 3.8) is 0 Å². The number of ketones is 1. The predicted octanol–water partition coefficient (Wildman–Crippen LogP) is 3.04. The maximum Gasteiger partial charge on any atom is 0.347 e. The van der Waals surface area contributed by atoms with Crippen LogP contribution in [0.15, 0.2) is 59.9 Å². The summed E-state index contributed by atoms with van der Waals surface area (Å²) in [5, 5.41) is 3.93. The molecular formula is C29H32N4O7. The number of pyridine rings is 1. The fourth-order valence-corrected chi connectivity index (χ4v) is 4.44. The van der Waals surface area contributed by atoms with Gasteiger partial charge in [0.2, 0.25) is 11.7 Å². The molecule has 2 N–H and O–H groups in total. The van der Waals surface area contributed by atoms with Crippen LogP contribution < -0.4 is 10.1 Å². The summed E-state index contributed by atoms with van der Waals surface area (Å²) in [7, 11) is 1.50. The highest BCUT2D eigenvalue weighted by molar-refractivity contribution is 6.26. The van der Waals surface area contributed by atoms with Gasteiger partial charge >= 0.3 is 5.97 Å². The minimum atomic E-state index is -0.797. The van der Waals surface area contributed by atoms with E-state index in [4.69, 9.17) is 23.7 Å². The fourth-order valence-electron chi connectivity index (χ4n) is 4.44. The van der Waals surface area contributed by atoms with E-state index in [1.165, 1.54) is 7.11 Å². The molecule has 2 aliphatic rings. The number of benzene rings is 1. The largest absolute Gasteiger partial charge is 0.492 e. The van der Waals surface area contributed by atoms with Crippen LogP contribution in [0.1, 0.15) is 11.1 Å². The molecule has 0 bridgehead atoms. The van der Waals surface area contributed by atoms with Crippen molar-refractivity contribution >= 4 is 34.5 Å². The van der Waals surface area contributed by atoms with Gasteiger partial charge in [0.25, 0.3) is 0 Å². The van der Waals surface area contributed by atoms with Crippen LogP contribution >= 0.6 is 0 Å². The average molecular weight is 549 g/mol. The van der Waals surface area contributed by atoms with E-state index in [1.54, 1.807) is 24.5 Å². The van der Waals surface area contributed by atoms with Crippen LogP contribution in [-0.4, -0.2) is 86.4 Å². The lowest BCUT2D eigenvalue weighted by Gasteiger charge is -2.26. The van der Waals surface area contributed by atoms with Crippen molar-refractivity contribution < 1.29 is 33.3 Å². The van der Waals surface area contributed by atoms with E-state index in [9.17, 15) is 9.59 Å². The number of nitrogens with zero attached hydrogens (tertiary/aromatic N) is 2. The lowest BCUT2D eigenvalue weighted by molar-refractivity contribution is -0.141. The number of hydrogen-bond acceptors (Lipinski definition) is 10. The van der Waals surface area contributed by atoms with Crippen LogP contribution in [0.25, 0.3) is 17.1 Å². The molecule has 0 atom stereocenters. The third-order valence-corrected chi connectivity index (χ3v) is 6.61. The first kappa shape index (κ1) is 27.4. The zero-order valence-corrected chi connectivity index (χ0v) is 22.5. The van der Waals surface area contributed by atoms with Gasteiger partial charge in [0.05, 0.1) is 19.8 Å². The lowest BCUT2D eigenvalue weighted by Crippen LogP contribution is -2.38. The summed E-state index contributed by atoms with van der Waals surface area (Å²) in [5.74, 6) is -0.660. The second-order valence-electron chi connectivity index (χ2n) is 9.32. The number of rotatable bonds is 11. The molecule has 11 nitrogen and oxygen atoms in total. The number of aromatic amines is 1. The Hall–Kier alpha value is -4.19. The number of morpholine rings is 1. The molecule has 3 aromatic rings. The van der Waals surface area contributed by atoms with E-state index in [0.717, 1.165) is 49.5 Å². The number of carbonyl (C=O) groups excluding carboxylic acids is 2. The Morgan fingerprint density at radius 2 is 2.05 bits per heavy atom. The molecule has 0 unspecified atom stereocenters. The van der Waals surface area contributed by atoms with Crippen molar-refractivity contribution in [1.82, 2.24) is 14.9 Å². The van der Waals surface area contributed by atoms with Crippen molar-refractivity contribution in [2.45, 2.75) is 6.92 Å². The number of fused-ring (bicyclic) bond motifs is 1. The Morgan fingerprint density at radius 3 is 2.85 bits per heavy atom. The van der Waals surface area contributed by atoms with Crippen molar-refractivity contribution in [2.75, 3.05) is 65.1 Å². The van der Waals surface area contributed by atoms with Gasteiger partial charge in [-0.1, -0.05) is 0 Å². The van der Waals surface area contributed by atoms with Gasteiger partial charge in [-0.15, -0.1) is 0 Å². The fraction of sp³-hybridized carbons (Fsp3) is 0.345. The molecule has 2 aromatic heterocycles. The van der Waals surface area contributed by atoms with Gasteiger partial charge in [0.15, 0.2) is 11.3 Å². The zero-order chi connectivity index (χ0) is 27.9. The number of carbonyl (C=O) groups is 2. The summed E-state index contributed by atoms with van der Waals surface area (Å²) < 4.78 is 27.5. The molecule has 0 aliphatic carbocycles. The number of hydrogen-bond donors (Lipinski definition) is 2. The molecule has 1 fully saturated rings. The number of aryl methyl sites for hydroxylation is 1. The quantitative estimate of drug-likeness (QED) is 0.160. The van der Waals surface area contributed by atoms with Crippen LogP contribution in [-0.2, 0) is 28.5 Å². The standard InChI is InChI=1S/C29H32N4O7/c1-19-16-21(38-13-10-33-8-11-37-12-9-33)5-6-23(19)32-28-25(29(35)39-15-14-36-2)26(34)24(40-28)17-20-18-31-27-22(20)4-3-7-30-27/h3-7,16-18,32H,8-15H2,1-2H3,(H,30,31)/b24-17-. The predicted molar refractivity (Wildman–Crippen MR) is 148 cm³/mol. The maximum atomic E-state index is 13.3. The highest BCUT2D eigenvalue weighted by Gasteiger charge is 2.37. The molecule has 1 saturated heterocycles. The number of nitrogens with one attached hydrogen (secondary N) is 2. The molecule has 210 valence electrons. The van der Waals surface area contributed by atoms with E-state index in [0.29, 0.717) is 23.5 Å². The Balaban J connectivity index is 1.33. The first-order valence-corrected chi connectivity index (χ1v) is 13.1. The molecule has 40 heavy (non-hydrogen) atoms. The minimum Gasteiger partial charge on any atom is -0.492 e. The van der Waals surface area contributed by atoms with E-state index < -0.39 is 11.8 Å². The van der Waals surface area contributed by atoms with Crippen molar-refractivity contribution in [3.8, 4) is 5.75 Å². The summed E-state index contributed by atoms with van der Waals surface area (Å²) in [5.41, 5.74) is 2.66. The number of ether oxygens (including phenoxy) is 5. The summed E-state index contributed by atoms with van der Waals surface area (Å²) in [4.78, 5) is 35.9. The lowest BCUT2D eigenvalue weighted by atomic mass is 10.1. The molecule has 4 heterocycles. The number of methoxy groups -OCH3 is 1. The average Bonchev–Trinajstić information content (AvgIpc) is 3.51. The Labute approximate surface area is 231 Å². The third-order valence-electron chi connectivity index (χ3n) is 6.61. The van der Waals surface area contributed by atoms with Gasteiger partial charge in [0.1, 0.15) is 24.6 Å². The first-order valence-electron chi connectivity index (χ1n) is 13.1. The van der Waals surface area contributed by atoms with Crippen molar-refractivity contribution in [2.24, 2.45) is 0 Å². The van der Waals surface area contributed by atoms with E-state index in [-0.39, 0.29) is 30.4 Å². The van der Waals surface area contributed by atoms with E-state index in [1.807, 2.05) is 31.2 Å². The number of allylic oxidation sites excluding steroid dienone is 1. The highest BCUT2D eigenvalue weighted by Crippen LogP contribution is 2.32. The molecule has 2 aliphatic heterocycles. The maximum absolute atomic E-state index is 13.3. The smallest absolute Gasteiger partial charge is 0.347 e. The molecule has 5 rings (SSSR count). The summed E-state index contributed by atoms with van der Waals surface area (Å²) >= 11 is 0. The molecule has 11 heteroatoms. The number of aromatic nitrogens is 2. The summed E-state index contributed by atoms with van der Waals surface area (Å²) in [6.07, 6.45) is 4.98. The van der Waals surface area contributed by atoms with Gasteiger partial charge in [-0.3, -0.25) is 9.69 Å². The second kappa shape index (κ2) is 12.8. The van der Waals surface area contributed by atoms with Gasteiger partial charge in [-0.25, -0.2) is 9.78 Å². The van der Waals surface area contributed by atoms with Gasteiger partial charge in [0, 0.05) is 55.8 Å². The number of Topliss-reactive ketones (excluding diaryl/α,β-unsaturated/α-hetero) is 1. The Kier molecular flexibility index (Phi) is 8.74. The van der Waals surface area contributed by atoms with E-state index in [2.05, 4.69) is 20.2 Å². The van der Waals surface area contributed by atoms with Crippen LogP contribution in [0.4, 0.5) is 5.69 Å². The minimum absolute atomic E-state index is 0.000666. The zero-order valence-electron chi connectivity index (χ0n) is 22.5. The number of esters is 1. The SMILES string of the molecule is COCCOC(=O)C1=C(Nc2ccc(OCCN3CCOCC3)cc2C)O/C(=C\c2c[nH]c3ncccc23)C1=O. The van der Waals surface area contributed by atoms with E-state index >= 15 is 0 Å². The van der Waals surface area contributed by atoms with Gasteiger partial charge < -0.3 is 34.0 Å². The monoisotopic (exact) mass is 548 g/mol. The van der Waals surface area contributed by atoms with Crippen LogP contribution in [0.5, 0.6) is 5.75 Å². The van der Waals surface area contributed by atoms with Crippen LogP contribution in [0, 0.1) is 6.92 Å². The third kappa shape index (κ3) is 6.33. The number of H-pyrrole nitrogens is 1. The van der Waals surface area contributed by atoms with Crippen molar-refractivity contribution in [1.29, 1.82) is 0 Å². The van der Waals surface area contributed by atoms with Crippen LogP contribution in [0.3, 0.4) is 0 Å². The summed E-state index contributed by atoms with van der Waals surface area (Å²) in [6, 6.07) is 9.23. The summed E-state index contributed by atoms with van der Waals surface area (Å²) in [6.45, 7) is 6.80. The Morgan fingerprint density at radius 1 is 1.20 bits per heavy atom.